The molecule has 3 aromatic carbocycles. The molecule has 214 valence electrons. The second-order valence-electron chi connectivity index (χ2n) is 9.29. The lowest BCUT2D eigenvalue weighted by Gasteiger charge is -2.15. The first-order chi connectivity index (χ1) is 19.5. The SMILES string of the molecule is COc1cc(/C=C2\SC(=O)N(CCOc3cc(C)ccc3C)C2=O)cc(Br)c1OCC(=O)Nc1ccc(C)c(Cl)c1. The van der Waals surface area contributed by atoms with Gasteiger partial charge < -0.3 is 19.5 Å². The molecule has 1 aliphatic rings. The molecule has 1 saturated heterocycles. The topological polar surface area (TPSA) is 94.2 Å². The van der Waals surface area contributed by atoms with Gasteiger partial charge in [-0.1, -0.05) is 29.8 Å². The van der Waals surface area contributed by atoms with Crippen LogP contribution in [-0.4, -0.2) is 48.8 Å². The van der Waals surface area contributed by atoms with E-state index in [1.54, 1.807) is 30.3 Å². The summed E-state index contributed by atoms with van der Waals surface area (Å²) in [6.07, 6.45) is 1.61. The van der Waals surface area contributed by atoms with E-state index < -0.39 is 5.91 Å². The molecule has 0 aromatic heterocycles. The van der Waals surface area contributed by atoms with Crippen LogP contribution in [0.1, 0.15) is 22.3 Å². The van der Waals surface area contributed by atoms with Crippen LogP contribution < -0.4 is 19.5 Å². The highest BCUT2D eigenvalue weighted by Crippen LogP contribution is 2.39. The lowest BCUT2D eigenvalue weighted by atomic mass is 10.1. The molecule has 3 aromatic rings. The van der Waals surface area contributed by atoms with Crippen LogP contribution in [-0.2, 0) is 9.59 Å². The predicted octanol–water partition coefficient (Wildman–Crippen LogP) is 7.17. The summed E-state index contributed by atoms with van der Waals surface area (Å²) in [7, 11) is 1.47. The highest BCUT2D eigenvalue weighted by molar-refractivity contribution is 9.10. The fourth-order valence-corrected chi connectivity index (χ4v) is 5.54. The van der Waals surface area contributed by atoms with Gasteiger partial charge >= 0.3 is 0 Å². The normalized spacial score (nSPS) is 14.0. The monoisotopic (exact) mass is 658 g/mol. The second kappa shape index (κ2) is 13.5. The van der Waals surface area contributed by atoms with Crippen molar-refractivity contribution in [1.82, 2.24) is 4.90 Å². The Balaban J connectivity index is 1.40. The number of nitrogens with one attached hydrogen (secondary N) is 1. The smallest absolute Gasteiger partial charge is 0.293 e. The van der Waals surface area contributed by atoms with E-state index in [-0.39, 0.29) is 35.8 Å². The first-order valence-corrected chi connectivity index (χ1v) is 14.6. The molecular weight excluding hydrogens is 632 g/mol. The molecule has 0 spiro atoms. The molecule has 4 rings (SSSR count). The van der Waals surface area contributed by atoms with Gasteiger partial charge in [0.25, 0.3) is 17.1 Å². The molecule has 1 aliphatic heterocycles. The van der Waals surface area contributed by atoms with Crippen LogP contribution in [0.4, 0.5) is 10.5 Å². The minimum Gasteiger partial charge on any atom is -0.493 e. The number of anilines is 1. The van der Waals surface area contributed by atoms with E-state index in [1.807, 2.05) is 45.0 Å². The van der Waals surface area contributed by atoms with Gasteiger partial charge in [0.15, 0.2) is 18.1 Å². The molecule has 0 saturated carbocycles. The van der Waals surface area contributed by atoms with Crippen LogP contribution in [0, 0.1) is 20.8 Å². The number of carbonyl (C=O) groups excluding carboxylic acids is 3. The summed E-state index contributed by atoms with van der Waals surface area (Å²) in [5.74, 6) is 0.617. The number of nitrogens with zero attached hydrogens (tertiary/aromatic N) is 1. The van der Waals surface area contributed by atoms with E-state index in [1.165, 1.54) is 12.0 Å². The van der Waals surface area contributed by atoms with Gasteiger partial charge in [0.05, 0.1) is 23.0 Å². The fraction of sp³-hybridized carbons (Fsp3) is 0.233. The van der Waals surface area contributed by atoms with E-state index >= 15 is 0 Å². The lowest BCUT2D eigenvalue weighted by Crippen LogP contribution is -2.32. The molecule has 1 fully saturated rings. The van der Waals surface area contributed by atoms with E-state index in [4.69, 9.17) is 25.8 Å². The van der Waals surface area contributed by atoms with Gasteiger partial charge in [-0.15, -0.1) is 0 Å². The third-order valence-electron chi connectivity index (χ3n) is 6.14. The molecule has 0 radical (unpaired) electrons. The van der Waals surface area contributed by atoms with Gasteiger partial charge in [0, 0.05) is 10.7 Å². The van der Waals surface area contributed by atoms with Crippen molar-refractivity contribution in [3.05, 3.63) is 85.2 Å². The Kier molecular flexibility index (Phi) is 10.0. The zero-order valence-electron chi connectivity index (χ0n) is 22.9. The van der Waals surface area contributed by atoms with Crippen LogP contribution in [0.15, 0.2) is 57.9 Å². The zero-order valence-corrected chi connectivity index (χ0v) is 26.0. The van der Waals surface area contributed by atoms with Gasteiger partial charge in [-0.3, -0.25) is 19.3 Å². The maximum absolute atomic E-state index is 13.0. The lowest BCUT2D eigenvalue weighted by molar-refractivity contribution is -0.123. The van der Waals surface area contributed by atoms with E-state index in [2.05, 4.69) is 21.2 Å². The maximum Gasteiger partial charge on any atom is 0.293 e. The molecule has 11 heteroatoms. The molecule has 0 aliphatic carbocycles. The molecule has 0 atom stereocenters. The van der Waals surface area contributed by atoms with Crippen molar-refractivity contribution in [3.63, 3.8) is 0 Å². The Hall–Kier alpha value is -3.47. The number of imide groups is 1. The first kappa shape index (κ1) is 30.5. The molecule has 1 heterocycles. The number of methoxy groups -OCH3 is 1. The summed E-state index contributed by atoms with van der Waals surface area (Å²) >= 11 is 10.4. The number of hydrogen-bond acceptors (Lipinski definition) is 7. The standard InChI is InChI=1S/C30H28BrClN2O6S/c1-17-5-6-19(3)24(11-17)39-10-9-34-29(36)26(41-30(34)37)14-20-12-22(31)28(25(13-20)38-4)40-16-27(35)33-21-8-7-18(2)23(32)15-21/h5-8,11-15H,9-10,16H2,1-4H3,(H,33,35)/b26-14-. The van der Waals surface area contributed by atoms with Crippen LogP contribution in [0.3, 0.4) is 0 Å². The third-order valence-corrected chi connectivity index (χ3v) is 8.05. The highest BCUT2D eigenvalue weighted by atomic mass is 79.9. The average molecular weight is 660 g/mol. The summed E-state index contributed by atoms with van der Waals surface area (Å²) in [4.78, 5) is 39.5. The van der Waals surface area contributed by atoms with Crippen molar-refractivity contribution in [3.8, 4) is 17.2 Å². The number of hydrogen-bond donors (Lipinski definition) is 1. The number of ether oxygens (including phenoxy) is 3. The zero-order chi connectivity index (χ0) is 29.7. The number of rotatable bonds is 10. The van der Waals surface area contributed by atoms with Crippen molar-refractivity contribution in [1.29, 1.82) is 0 Å². The van der Waals surface area contributed by atoms with Gasteiger partial charge in [0.1, 0.15) is 12.4 Å². The number of halogens is 2. The Morgan fingerprint density at radius 3 is 2.51 bits per heavy atom. The Bertz CT molecular complexity index is 1540. The van der Waals surface area contributed by atoms with Gasteiger partial charge in [0.2, 0.25) is 0 Å². The molecule has 3 amide bonds. The molecular formula is C30H28BrClN2O6S. The molecule has 1 N–H and O–H groups in total. The van der Waals surface area contributed by atoms with Crippen molar-refractivity contribution >= 4 is 68.1 Å². The van der Waals surface area contributed by atoms with Crippen molar-refractivity contribution < 1.29 is 28.6 Å². The first-order valence-electron chi connectivity index (χ1n) is 12.6. The van der Waals surface area contributed by atoms with Crippen molar-refractivity contribution in [2.75, 3.05) is 32.2 Å². The van der Waals surface area contributed by atoms with Crippen molar-refractivity contribution in [2.24, 2.45) is 0 Å². The summed E-state index contributed by atoms with van der Waals surface area (Å²) in [5.41, 5.74) is 4.11. The molecule has 0 unspecified atom stereocenters. The van der Waals surface area contributed by atoms with Gasteiger partial charge in [-0.2, -0.15) is 0 Å². The van der Waals surface area contributed by atoms with E-state index in [9.17, 15) is 14.4 Å². The van der Waals surface area contributed by atoms with E-state index in [0.29, 0.717) is 32.2 Å². The Morgan fingerprint density at radius 1 is 1.02 bits per heavy atom. The second-order valence-corrected chi connectivity index (χ2v) is 11.5. The summed E-state index contributed by atoms with van der Waals surface area (Å²) < 4.78 is 17.5. The Labute approximate surface area is 256 Å². The summed E-state index contributed by atoms with van der Waals surface area (Å²) in [6, 6.07) is 14.5. The van der Waals surface area contributed by atoms with E-state index in [0.717, 1.165) is 34.2 Å². The average Bonchev–Trinajstić information content (AvgIpc) is 3.19. The summed E-state index contributed by atoms with van der Waals surface area (Å²) in [6.45, 7) is 5.83. The number of amides is 3. The minimum atomic E-state index is -0.395. The molecule has 8 nitrogen and oxygen atoms in total. The highest BCUT2D eigenvalue weighted by Gasteiger charge is 2.35. The van der Waals surface area contributed by atoms with Crippen LogP contribution in [0.25, 0.3) is 6.08 Å². The number of thioether (sulfide) groups is 1. The largest absolute Gasteiger partial charge is 0.493 e. The maximum atomic E-state index is 13.0. The predicted molar refractivity (Wildman–Crippen MR) is 165 cm³/mol. The number of carbonyl (C=O) groups is 3. The Morgan fingerprint density at radius 2 is 1.78 bits per heavy atom. The molecule has 0 bridgehead atoms. The van der Waals surface area contributed by atoms with Gasteiger partial charge in [-0.25, -0.2) is 0 Å². The van der Waals surface area contributed by atoms with Crippen LogP contribution >= 0.6 is 39.3 Å². The fourth-order valence-electron chi connectivity index (χ4n) is 3.92. The minimum absolute atomic E-state index is 0.131. The molecule has 41 heavy (non-hydrogen) atoms. The van der Waals surface area contributed by atoms with Gasteiger partial charge in [-0.05, 0) is 107 Å². The third kappa shape index (κ3) is 7.63. The van der Waals surface area contributed by atoms with Crippen LogP contribution in [0.5, 0.6) is 17.2 Å². The quantitative estimate of drug-likeness (QED) is 0.231. The van der Waals surface area contributed by atoms with Crippen LogP contribution in [0.2, 0.25) is 5.02 Å². The number of benzene rings is 3. The number of aryl methyl sites for hydroxylation is 3. The summed E-state index contributed by atoms with van der Waals surface area (Å²) in [5, 5.41) is 2.92. The van der Waals surface area contributed by atoms with Crippen molar-refractivity contribution in [2.45, 2.75) is 20.8 Å².